The van der Waals surface area contributed by atoms with Crippen molar-refractivity contribution >= 4 is 11.2 Å². The molecule has 2 atom stereocenters. The van der Waals surface area contributed by atoms with Gasteiger partial charge in [0.15, 0.2) is 5.65 Å². The van der Waals surface area contributed by atoms with Gasteiger partial charge in [0.25, 0.3) is 0 Å². The molecule has 0 amide bonds. The fourth-order valence-corrected chi connectivity index (χ4v) is 5.05. The molecule has 0 aromatic carbocycles. The Labute approximate surface area is 202 Å². The zero-order chi connectivity index (χ0) is 23.5. The first kappa shape index (κ1) is 20.9. The summed E-state index contributed by atoms with van der Waals surface area (Å²) in [7, 11) is 0. The summed E-state index contributed by atoms with van der Waals surface area (Å²) < 4.78 is 16.1. The maximum atomic E-state index is 6.16. The van der Waals surface area contributed by atoms with Crippen LogP contribution in [-0.4, -0.2) is 52.7 Å². The number of ether oxygens (including phenoxy) is 2. The summed E-state index contributed by atoms with van der Waals surface area (Å²) in [5, 5.41) is 9.11. The Hall–Kier alpha value is -3.40. The molecule has 0 radical (unpaired) electrons. The second-order valence-electron chi connectivity index (χ2n) is 9.85. The van der Waals surface area contributed by atoms with Gasteiger partial charge in [0, 0.05) is 37.3 Å². The summed E-state index contributed by atoms with van der Waals surface area (Å²) in [6, 6.07) is 0.559. The third kappa shape index (κ3) is 3.67. The Balaban J connectivity index is 1.29. The molecule has 2 aliphatic heterocycles. The highest BCUT2D eigenvalue weighted by Crippen LogP contribution is 2.40. The minimum absolute atomic E-state index is 0.0120. The number of hydrogen-bond acceptors (Lipinski definition) is 8. The summed E-state index contributed by atoms with van der Waals surface area (Å²) in [5.74, 6) is 1.68. The Morgan fingerprint density at radius 1 is 0.943 bits per heavy atom. The lowest BCUT2D eigenvalue weighted by molar-refractivity contribution is 0.00396. The van der Waals surface area contributed by atoms with Crippen LogP contribution in [0.15, 0.2) is 18.6 Å². The van der Waals surface area contributed by atoms with Gasteiger partial charge in [-0.1, -0.05) is 0 Å². The van der Waals surface area contributed by atoms with Gasteiger partial charge in [-0.15, -0.1) is 0 Å². The zero-order valence-electron chi connectivity index (χ0n) is 20.0. The Morgan fingerprint density at radius 3 is 2.71 bits per heavy atom. The van der Waals surface area contributed by atoms with Crippen LogP contribution < -0.4 is 4.74 Å². The summed E-state index contributed by atoms with van der Waals surface area (Å²) in [4.78, 5) is 19.7. The van der Waals surface area contributed by atoms with Crippen molar-refractivity contribution in [2.45, 2.75) is 70.6 Å². The number of rotatable bonds is 4. The van der Waals surface area contributed by atoms with E-state index in [4.69, 9.17) is 29.4 Å². The Bertz CT molecular complexity index is 1420. The van der Waals surface area contributed by atoms with E-state index in [0.717, 1.165) is 65.7 Å². The molecule has 4 aromatic rings. The molecule has 0 unspecified atom stereocenters. The summed E-state index contributed by atoms with van der Waals surface area (Å²) in [6.45, 7) is 6.11. The lowest BCUT2D eigenvalue weighted by atomic mass is 9.92. The van der Waals surface area contributed by atoms with E-state index in [2.05, 4.69) is 21.1 Å². The lowest BCUT2D eigenvalue weighted by Crippen LogP contribution is -2.20. The van der Waals surface area contributed by atoms with Crippen LogP contribution in [0, 0.1) is 13.8 Å². The zero-order valence-corrected chi connectivity index (χ0v) is 20.0. The first-order valence-corrected chi connectivity index (χ1v) is 12.5. The fourth-order valence-electron chi connectivity index (χ4n) is 5.05. The second kappa shape index (κ2) is 8.08. The van der Waals surface area contributed by atoms with E-state index >= 15 is 0 Å². The van der Waals surface area contributed by atoms with Crippen molar-refractivity contribution < 1.29 is 9.47 Å². The van der Waals surface area contributed by atoms with Crippen LogP contribution in [0.3, 0.4) is 0 Å². The van der Waals surface area contributed by atoms with Crippen LogP contribution in [0.4, 0.5) is 0 Å². The number of hydrogen-bond donors (Lipinski definition) is 0. The molecule has 3 aliphatic rings. The van der Waals surface area contributed by atoms with Crippen LogP contribution in [0.5, 0.6) is 5.88 Å². The van der Waals surface area contributed by atoms with Gasteiger partial charge in [-0.3, -0.25) is 4.68 Å². The van der Waals surface area contributed by atoms with E-state index in [0.29, 0.717) is 30.4 Å². The third-order valence-electron chi connectivity index (χ3n) is 7.32. The van der Waals surface area contributed by atoms with Gasteiger partial charge in [-0.05, 0) is 39.5 Å². The average Bonchev–Trinajstić information content (AvgIpc) is 3.45. The monoisotopic (exact) mass is 472 g/mol. The van der Waals surface area contributed by atoms with E-state index in [9.17, 15) is 0 Å². The highest BCUT2D eigenvalue weighted by molar-refractivity contribution is 5.88. The summed E-state index contributed by atoms with van der Waals surface area (Å²) >= 11 is 0. The highest BCUT2D eigenvalue weighted by Gasteiger charge is 2.31. The number of nitrogens with zero attached hydrogens (tertiary/aromatic N) is 8. The molecule has 2 fully saturated rings. The molecule has 0 bridgehead atoms. The summed E-state index contributed by atoms with van der Waals surface area (Å²) in [5.41, 5.74) is 5.78. The highest BCUT2D eigenvalue weighted by atomic mass is 16.5. The molecule has 0 spiro atoms. The van der Waals surface area contributed by atoms with Crippen LogP contribution >= 0.6 is 0 Å². The van der Waals surface area contributed by atoms with Crippen molar-refractivity contribution in [1.29, 1.82) is 0 Å². The summed E-state index contributed by atoms with van der Waals surface area (Å²) in [6.07, 6.45) is 11.0. The average molecular weight is 473 g/mol. The van der Waals surface area contributed by atoms with Crippen molar-refractivity contribution in [3.63, 3.8) is 0 Å². The van der Waals surface area contributed by atoms with Gasteiger partial charge in [0.1, 0.15) is 17.0 Å². The van der Waals surface area contributed by atoms with E-state index in [1.807, 2.05) is 30.9 Å². The first-order chi connectivity index (χ1) is 17.1. The molecule has 6 heterocycles. The first-order valence-electron chi connectivity index (χ1n) is 12.5. The largest absolute Gasteiger partial charge is 0.477 e. The van der Waals surface area contributed by atoms with Gasteiger partial charge in [0.2, 0.25) is 5.88 Å². The van der Waals surface area contributed by atoms with Gasteiger partial charge in [-0.25, -0.2) is 24.6 Å². The molecule has 180 valence electrons. The Morgan fingerprint density at radius 2 is 1.83 bits per heavy atom. The number of aromatic nitrogens is 8. The van der Waals surface area contributed by atoms with Gasteiger partial charge in [-0.2, -0.15) is 10.2 Å². The fraction of sp³-hybridized carbons (Fsp3) is 0.520. The smallest absolute Gasteiger partial charge is 0.221 e. The molecule has 0 N–H and O–H groups in total. The van der Waals surface area contributed by atoms with Gasteiger partial charge < -0.3 is 9.47 Å². The molecule has 10 heteroatoms. The van der Waals surface area contributed by atoms with Gasteiger partial charge >= 0.3 is 0 Å². The van der Waals surface area contributed by atoms with Crippen molar-refractivity contribution in [2.24, 2.45) is 0 Å². The molecule has 1 aliphatic carbocycles. The van der Waals surface area contributed by atoms with E-state index < -0.39 is 0 Å². The minimum Gasteiger partial charge on any atom is -0.477 e. The third-order valence-corrected chi connectivity index (χ3v) is 7.32. The molecule has 4 aromatic heterocycles. The standard InChI is InChI=1S/C25H28N8O2/c1-14-15(2)29-24-22(28-14)21(19-12-27-32-7-3-8-35-25(19)32)30-23(31-24)16-6-9-34-20(10-16)17-11-26-33(13-17)18-4-5-18/h11-13,16,18,20H,3-10H2,1-2H3/t16-,20+/m0/s1. The molecule has 7 rings (SSSR count). The number of fused-ring (bicyclic) bond motifs is 2. The molecular weight excluding hydrogens is 444 g/mol. The minimum atomic E-state index is -0.0120. The van der Waals surface area contributed by atoms with Crippen LogP contribution in [0.1, 0.15) is 72.9 Å². The van der Waals surface area contributed by atoms with Crippen molar-refractivity contribution in [3.05, 3.63) is 41.4 Å². The molecular formula is C25H28N8O2. The maximum absolute atomic E-state index is 6.16. The van der Waals surface area contributed by atoms with E-state index in [1.165, 1.54) is 12.8 Å². The predicted octanol–water partition coefficient (Wildman–Crippen LogP) is 3.85. The molecule has 1 saturated carbocycles. The molecule has 35 heavy (non-hydrogen) atoms. The topological polar surface area (TPSA) is 106 Å². The van der Waals surface area contributed by atoms with Crippen molar-refractivity contribution in [3.8, 4) is 17.1 Å². The predicted molar refractivity (Wildman–Crippen MR) is 127 cm³/mol. The van der Waals surface area contributed by atoms with Crippen LogP contribution in [-0.2, 0) is 11.3 Å². The SMILES string of the molecule is Cc1nc2nc([C@H]3CCO[C@@H](c4cnn(C5CC5)c4)C3)nc(-c3cnn4c3OCCC4)c2nc1C. The normalized spacial score (nSPS) is 22.2. The second-order valence-corrected chi connectivity index (χ2v) is 9.85. The quantitative estimate of drug-likeness (QED) is 0.441. The lowest BCUT2D eigenvalue weighted by Gasteiger charge is -2.28. The van der Waals surface area contributed by atoms with Crippen LogP contribution in [0.25, 0.3) is 22.4 Å². The maximum Gasteiger partial charge on any atom is 0.221 e. The number of aryl methyl sites for hydroxylation is 3. The van der Waals surface area contributed by atoms with Crippen molar-refractivity contribution in [1.82, 2.24) is 39.5 Å². The molecule has 10 nitrogen and oxygen atoms in total. The van der Waals surface area contributed by atoms with E-state index in [1.54, 1.807) is 0 Å². The Kier molecular flexibility index (Phi) is 4.83. The van der Waals surface area contributed by atoms with Gasteiger partial charge in [0.05, 0.1) is 48.1 Å². The molecule has 1 saturated heterocycles. The van der Waals surface area contributed by atoms with E-state index in [-0.39, 0.29) is 12.0 Å². The van der Waals surface area contributed by atoms with Crippen molar-refractivity contribution in [2.75, 3.05) is 13.2 Å². The van der Waals surface area contributed by atoms with Crippen LogP contribution in [0.2, 0.25) is 0 Å².